The van der Waals surface area contributed by atoms with Gasteiger partial charge in [-0.25, -0.2) is 21.6 Å². The normalized spacial score (nSPS) is 30.3. The number of sulfonamides is 1. The number of hydrogen-bond acceptors (Lipinski definition) is 4. The number of benzene rings is 1. The minimum absolute atomic E-state index is 0.122. The molecular formula is C17H18F5NO5S. The summed E-state index contributed by atoms with van der Waals surface area (Å²) >= 11 is 0. The van der Waals surface area contributed by atoms with Crippen LogP contribution in [0.2, 0.25) is 0 Å². The van der Waals surface area contributed by atoms with E-state index in [9.17, 15) is 26.4 Å². The number of aliphatic hydroxyl groups is 1. The van der Waals surface area contributed by atoms with Crippen molar-refractivity contribution < 1.29 is 45.4 Å². The predicted octanol–water partition coefficient (Wildman–Crippen LogP) is 1.85. The number of alkyl halides is 5. The zero-order chi connectivity index (χ0) is 22.3. The van der Waals surface area contributed by atoms with Crippen LogP contribution in [0.25, 0.3) is 0 Å². The lowest BCUT2D eigenvalue weighted by molar-refractivity contribution is -0.203. The SMILES string of the molecule is CN([C@H](CO)C(=O)O)S(=O)(=O)C1(F)C=CC(F)C(F)(F)C1(F)Cc1ccccc1. The fourth-order valence-corrected chi connectivity index (χ4v) is 4.82. The lowest BCUT2D eigenvalue weighted by Crippen LogP contribution is -2.70. The first kappa shape index (κ1) is 23.2. The molecule has 0 bridgehead atoms. The van der Waals surface area contributed by atoms with E-state index in [1.807, 2.05) is 0 Å². The fourth-order valence-electron chi connectivity index (χ4n) is 3.04. The highest BCUT2D eigenvalue weighted by molar-refractivity contribution is 7.90. The van der Waals surface area contributed by atoms with Gasteiger partial charge in [0.25, 0.3) is 15.0 Å². The van der Waals surface area contributed by atoms with Crippen LogP contribution in [-0.4, -0.2) is 71.4 Å². The summed E-state index contributed by atoms with van der Waals surface area (Å²) in [4.78, 5) is 11.1. The molecule has 1 aliphatic rings. The topological polar surface area (TPSA) is 94.9 Å². The summed E-state index contributed by atoms with van der Waals surface area (Å²) in [5.74, 6) is -7.04. The molecule has 12 heteroatoms. The Morgan fingerprint density at radius 3 is 2.24 bits per heavy atom. The lowest BCUT2D eigenvalue weighted by atomic mass is 9.79. The van der Waals surface area contributed by atoms with Crippen LogP contribution in [0.1, 0.15) is 5.56 Å². The summed E-state index contributed by atoms with van der Waals surface area (Å²) in [5.41, 5.74) is -4.87. The number of hydrogen-bond donors (Lipinski definition) is 2. The number of allylic oxidation sites excluding steroid dienone is 1. The van der Waals surface area contributed by atoms with Gasteiger partial charge in [0.1, 0.15) is 6.04 Å². The number of aliphatic hydroxyl groups excluding tert-OH is 1. The van der Waals surface area contributed by atoms with Gasteiger partial charge < -0.3 is 10.2 Å². The van der Waals surface area contributed by atoms with Gasteiger partial charge in [-0.2, -0.15) is 13.1 Å². The van der Waals surface area contributed by atoms with Crippen molar-refractivity contribution in [2.45, 2.75) is 35.2 Å². The molecule has 0 fully saturated rings. The van der Waals surface area contributed by atoms with Gasteiger partial charge in [0.15, 0.2) is 6.17 Å². The van der Waals surface area contributed by atoms with Gasteiger partial charge in [0, 0.05) is 13.5 Å². The molecule has 0 radical (unpaired) electrons. The first-order valence-corrected chi connectivity index (χ1v) is 9.64. The van der Waals surface area contributed by atoms with Gasteiger partial charge in [-0.05, 0) is 17.7 Å². The molecular weight excluding hydrogens is 425 g/mol. The third kappa shape index (κ3) is 3.42. The Labute approximate surface area is 163 Å². The Morgan fingerprint density at radius 2 is 1.76 bits per heavy atom. The molecule has 162 valence electrons. The number of rotatable bonds is 7. The van der Waals surface area contributed by atoms with Crippen molar-refractivity contribution in [3.8, 4) is 0 Å². The van der Waals surface area contributed by atoms with Gasteiger partial charge in [-0.15, -0.1) is 0 Å². The van der Waals surface area contributed by atoms with Crippen molar-refractivity contribution in [2.75, 3.05) is 13.7 Å². The van der Waals surface area contributed by atoms with E-state index in [2.05, 4.69) is 0 Å². The molecule has 1 aromatic carbocycles. The number of aliphatic carboxylic acids is 1. The summed E-state index contributed by atoms with van der Waals surface area (Å²) in [6.07, 6.45) is -5.15. The third-order valence-electron chi connectivity index (χ3n) is 4.84. The number of likely N-dealkylation sites (N-methyl/N-ethyl adjacent to an activating group) is 1. The molecule has 1 aromatic rings. The molecule has 3 unspecified atom stereocenters. The average Bonchev–Trinajstić information content (AvgIpc) is 2.65. The van der Waals surface area contributed by atoms with Gasteiger partial charge in [-0.3, -0.25) is 4.79 Å². The van der Waals surface area contributed by atoms with Crippen molar-refractivity contribution in [1.82, 2.24) is 4.31 Å². The van der Waals surface area contributed by atoms with Crippen LogP contribution in [0.5, 0.6) is 0 Å². The van der Waals surface area contributed by atoms with E-state index in [1.54, 1.807) is 0 Å². The first-order chi connectivity index (χ1) is 13.3. The molecule has 0 saturated carbocycles. The number of carbonyl (C=O) groups is 1. The molecule has 1 aliphatic carbocycles. The van der Waals surface area contributed by atoms with Crippen LogP contribution in [-0.2, 0) is 21.2 Å². The molecule has 0 heterocycles. The number of halogens is 5. The molecule has 0 aromatic heterocycles. The van der Waals surface area contributed by atoms with Crippen LogP contribution < -0.4 is 0 Å². The van der Waals surface area contributed by atoms with Crippen LogP contribution >= 0.6 is 0 Å². The number of nitrogens with zero attached hydrogens (tertiary/aromatic N) is 1. The van der Waals surface area contributed by atoms with Crippen molar-refractivity contribution >= 4 is 16.0 Å². The van der Waals surface area contributed by atoms with E-state index in [0.717, 1.165) is 12.1 Å². The largest absolute Gasteiger partial charge is 0.480 e. The maximum atomic E-state index is 15.8. The summed E-state index contributed by atoms with van der Waals surface area (Å²) in [5, 5.41) is 13.6. The maximum absolute atomic E-state index is 15.8. The van der Waals surface area contributed by atoms with Gasteiger partial charge in [0.05, 0.1) is 6.61 Å². The summed E-state index contributed by atoms with van der Waals surface area (Å²) in [6.45, 7) is -1.34. The Bertz CT molecular complexity index is 897. The van der Waals surface area contributed by atoms with E-state index < -0.39 is 57.8 Å². The van der Waals surface area contributed by atoms with Crippen molar-refractivity contribution in [1.29, 1.82) is 0 Å². The van der Waals surface area contributed by atoms with Crippen molar-refractivity contribution in [2.24, 2.45) is 0 Å². The second kappa shape index (κ2) is 7.65. The molecule has 0 amide bonds. The maximum Gasteiger partial charge on any atom is 0.324 e. The molecule has 6 nitrogen and oxygen atoms in total. The second-order valence-corrected chi connectivity index (χ2v) is 8.67. The molecule has 0 saturated heterocycles. The highest BCUT2D eigenvalue weighted by atomic mass is 32.2. The van der Waals surface area contributed by atoms with Gasteiger partial charge >= 0.3 is 11.9 Å². The standard InChI is InChI=1S/C17H18F5NO5S/c1-23(12(10-24)14(25)26)29(27,28)16(20)8-7-13(18)17(21,22)15(16,19)9-11-5-3-2-4-6-11/h2-8,12-13,24H,9-10H2,1H3,(H,25,26)/t12-,13?,15?,16?/m1/s1. The molecule has 0 spiro atoms. The number of carboxylic acids is 1. The molecule has 4 atom stereocenters. The second-order valence-electron chi connectivity index (χ2n) is 6.55. The minimum Gasteiger partial charge on any atom is -0.480 e. The van der Waals surface area contributed by atoms with Crippen molar-refractivity contribution in [3.05, 3.63) is 48.0 Å². The van der Waals surface area contributed by atoms with Crippen molar-refractivity contribution in [3.63, 3.8) is 0 Å². The lowest BCUT2D eigenvalue weighted by Gasteiger charge is -2.46. The zero-order valence-corrected chi connectivity index (χ0v) is 15.8. The quantitative estimate of drug-likeness (QED) is 0.496. The molecule has 2 rings (SSSR count). The zero-order valence-electron chi connectivity index (χ0n) is 15.0. The Balaban J connectivity index is 2.70. The van der Waals surface area contributed by atoms with Gasteiger partial charge in [0.2, 0.25) is 5.67 Å². The molecule has 0 aliphatic heterocycles. The van der Waals surface area contributed by atoms with E-state index in [-0.39, 0.29) is 22.0 Å². The van der Waals surface area contributed by atoms with Crippen LogP contribution in [0.15, 0.2) is 42.5 Å². The highest BCUT2D eigenvalue weighted by Gasteiger charge is 2.77. The smallest absolute Gasteiger partial charge is 0.324 e. The summed E-state index contributed by atoms with van der Waals surface area (Å²) in [6, 6.07) is 4.00. The molecule has 29 heavy (non-hydrogen) atoms. The Hall–Kier alpha value is -2.05. The summed E-state index contributed by atoms with van der Waals surface area (Å²) < 4.78 is 99.7. The monoisotopic (exact) mass is 443 g/mol. The first-order valence-electron chi connectivity index (χ1n) is 8.20. The minimum atomic E-state index is -5.82. The van der Waals surface area contributed by atoms with Crippen LogP contribution in [0.4, 0.5) is 22.0 Å². The fraction of sp³-hybridized carbons (Fsp3) is 0.471. The van der Waals surface area contributed by atoms with Crippen LogP contribution in [0.3, 0.4) is 0 Å². The average molecular weight is 443 g/mol. The van der Waals surface area contributed by atoms with E-state index in [0.29, 0.717) is 7.05 Å². The van der Waals surface area contributed by atoms with E-state index in [1.165, 1.54) is 18.2 Å². The van der Waals surface area contributed by atoms with Crippen LogP contribution in [0, 0.1) is 0 Å². The molecule has 2 N–H and O–H groups in total. The van der Waals surface area contributed by atoms with Gasteiger partial charge in [-0.1, -0.05) is 30.3 Å². The number of carboxylic acid groups (broad SMARTS) is 1. The van der Waals surface area contributed by atoms with E-state index in [4.69, 9.17) is 10.2 Å². The van der Waals surface area contributed by atoms with E-state index >= 15 is 8.78 Å². The summed E-state index contributed by atoms with van der Waals surface area (Å²) in [7, 11) is -5.33. The Kier molecular flexibility index (Phi) is 6.13. The third-order valence-corrected chi connectivity index (χ3v) is 7.06. The highest BCUT2D eigenvalue weighted by Crippen LogP contribution is 2.54. The predicted molar refractivity (Wildman–Crippen MR) is 92.0 cm³/mol. The Morgan fingerprint density at radius 1 is 1.21 bits per heavy atom.